The summed E-state index contributed by atoms with van der Waals surface area (Å²) in [6.45, 7) is 3.71. The maximum absolute atomic E-state index is 10.4. The van der Waals surface area contributed by atoms with E-state index in [1.165, 1.54) is 6.42 Å². The molecule has 14 heavy (non-hydrogen) atoms. The van der Waals surface area contributed by atoms with Crippen LogP contribution in [0.15, 0.2) is 0 Å². The Hall–Kier alpha value is -0.120. The first-order chi connectivity index (χ1) is 6.72. The van der Waals surface area contributed by atoms with E-state index < -0.39 is 5.60 Å². The van der Waals surface area contributed by atoms with Crippen LogP contribution in [0.25, 0.3) is 0 Å². The maximum atomic E-state index is 10.4. The van der Waals surface area contributed by atoms with Gasteiger partial charge in [0.1, 0.15) is 0 Å². The Morgan fingerprint density at radius 2 is 2.00 bits per heavy atom. The number of ether oxygens (including phenoxy) is 1. The summed E-state index contributed by atoms with van der Waals surface area (Å²) in [7, 11) is 0. The molecule has 0 aliphatic carbocycles. The van der Waals surface area contributed by atoms with Crippen molar-refractivity contribution in [2.75, 3.05) is 13.2 Å². The standard InChI is InChI=1S/C11H21NO2/c1-2-3-4-11(13)5-9-7-14-8-10(6-11)12-9/h9-10,12-13H,2-8H2,1H3. The Balaban J connectivity index is 1.93. The first-order valence-electron chi connectivity index (χ1n) is 5.78. The molecule has 2 rings (SSSR count). The minimum Gasteiger partial charge on any atom is -0.390 e. The number of hydrogen-bond donors (Lipinski definition) is 2. The Kier molecular flexibility index (Phi) is 3.10. The molecule has 0 saturated carbocycles. The number of hydrogen-bond acceptors (Lipinski definition) is 3. The molecule has 2 atom stereocenters. The van der Waals surface area contributed by atoms with Gasteiger partial charge in [-0.15, -0.1) is 0 Å². The fourth-order valence-corrected chi connectivity index (χ4v) is 2.73. The van der Waals surface area contributed by atoms with Gasteiger partial charge in [-0.2, -0.15) is 0 Å². The summed E-state index contributed by atoms with van der Waals surface area (Å²) in [5.74, 6) is 0. The second kappa shape index (κ2) is 4.17. The van der Waals surface area contributed by atoms with Gasteiger partial charge in [0.15, 0.2) is 0 Å². The lowest BCUT2D eigenvalue weighted by Crippen LogP contribution is -2.59. The van der Waals surface area contributed by atoms with Crippen molar-refractivity contribution < 1.29 is 9.84 Å². The molecule has 2 fully saturated rings. The zero-order valence-corrected chi connectivity index (χ0v) is 8.96. The van der Waals surface area contributed by atoms with Crippen molar-refractivity contribution in [1.29, 1.82) is 0 Å². The van der Waals surface area contributed by atoms with Crippen molar-refractivity contribution in [3.05, 3.63) is 0 Å². The predicted molar refractivity (Wildman–Crippen MR) is 55.2 cm³/mol. The number of fused-ring (bicyclic) bond motifs is 2. The largest absolute Gasteiger partial charge is 0.390 e. The fourth-order valence-electron chi connectivity index (χ4n) is 2.73. The van der Waals surface area contributed by atoms with Crippen LogP contribution in [0.4, 0.5) is 0 Å². The second-order valence-corrected chi connectivity index (χ2v) is 4.83. The summed E-state index contributed by atoms with van der Waals surface area (Å²) in [4.78, 5) is 0. The first kappa shape index (κ1) is 10.4. The summed E-state index contributed by atoms with van der Waals surface area (Å²) in [5, 5.41) is 13.9. The zero-order valence-electron chi connectivity index (χ0n) is 8.96. The second-order valence-electron chi connectivity index (χ2n) is 4.83. The van der Waals surface area contributed by atoms with Gasteiger partial charge < -0.3 is 15.2 Å². The van der Waals surface area contributed by atoms with E-state index in [9.17, 15) is 5.11 Å². The van der Waals surface area contributed by atoms with Gasteiger partial charge >= 0.3 is 0 Å². The van der Waals surface area contributed by atoms with E-state index in [0.717, 1.165) is 38.9 Å². The molecule has 0 aromatic carbocycles. The maximum Gasteiger partial charge on any atom is 0.0679 e. The first-order valence-corrected chi connectivity index (χ1v) is 5.78. The fraction of sp³-hybridized carbons (Fsp3) is 1.00. The van der Waals surface area contributed by atoms with Crippen molar-refractivity contribution in [2.24, 2.45) is 0 Å². The predicted octanol–water partition coefficient (Wildman–Crippen LogP) is 1.06. The molecular formula is C11H21NO2. The minimum absolute atomic E-state index is 0.379. The van der Waals surface area contributed by atoms with E-state index in [1.54, 1.807) is 0 Å². The molecule has 2 bridgehead atoms. The topological polar surface area (TPSA) is 41.5 Å². The van der Waals surface area contributed by atoms with Crippen LogP contribution in [0.5, 0.6) is 0 Å². The lowest BCUT2D eigenvalue weighted by Gasteiger charge is -2.45. The Labute approximate surface area is 85.8 Å². The van der Waals surface area contributed by atoms with Crippen LogP contribution < -0.4 is 5.32 Å². The van der Waals surface area contributed by atoms with Crippen LogP contribution in [0.1, 0.15) is 39.0 Å². The molecular weight excluding hydrogens is 178 g/mol. The third-order valence-corrected chi connectivity index (χ3v) is 3.36. The number of unbranched alkanes of at least 4 members (excludes halogenated alkanes) is 1. The van der Waals surface area contributed by atoms with Gasteiger partial charge in [0.2, 0.25) is 0 Å². The van der Waals surface area contributed by atoms with Gasteiger partial charge in [-0.05, 0) is 19.3 Å². The molecule has 2 aliphatic heterocycles. The van der Waals surface area contributed by atoms with E-state index >= 15 is 0 Å². The van der Waals surface area contributed by atoms with Gasteiger partial charge in [-0.1, -0.05) is 19.8 Å². The number of rotatable bonds is 3. The monoisotopic (exact) mass is 199 g/mol. The quantitative estimate of drug-likeness (QED) is 0.714. The highest BCUT2D eigenvalue weighted by molar-refractivity contribution is 4.96. The number of aliphatic hydroxyl groups is 1. The van der Waals surface area contributed by atoms with Gasteiger partial charge in [-0.25, -0.2) is 0 Å². The highest BCUT2D eigenvalue weighted by Gasteiger charge is 2.40. The van der Waals surface area contributed by atoms with Crippen molar-refractivity contribution in [3.63, 3.8) is 0 Å². The summed E-state index contributed by atoms with van der Waals surface area (Å²) in [6, 6.07) is 0.758. The number of piperidine rings is 1. The van der Waals surface area contributed by atoms with Crippen molar-refractivity contribution >= 4 is 0 Å². The lowest BCUT2D eigenvalue weighted by atomic mass is 9.80. The molecule has 82 valence electrons. The van der Waals surface area contributed by atoms with Crippen LogP contribution >= 0.6 is 0 Å². The lowest BCUT2D eigenvalue weighted by molar-refractivity contribution is -0.0806. The van der Waals surface area contributed by atoms with E-state index in [-0.39, 0.29) is 0 Å². The van der Waals surface area contributed by atoms with Crippen LogP contribution in [0.2, 0.25) is 0 Å². The third kappa shape index (κ3) is 2.27. The van der Waals surface area contributed by atoms with E-state index in [0.29, 0.717) is 12.1 Å². The summed E-state index contributed by atoms with van der Waals surface area (Å²) in [5.41, 5.74) is -0.416. The summed E-state index contributed by atoms with van der Waals surface area (Å²) in [6.07, 6.45) is 4.99. The van der Waals surface area contributed by atoms with Gasteiger partial charge in [0, 0.05) is 12.1 Å². The Bertz CT molecular complexity index is 184. The smallest absolute Gasteiger partial charge is 0.0679 e. The zero-order chi connectivity index (χ0) is 10.0. The van der Waals surface area contributed by atoms with Gasteiger partial charge in [-0.3, -0.25) is 0 Å². The highest BCUT2D eigenvalue weighted by atomic mass is 16.5. The normalized spacial score (nSPS) is 42.4. The molecule has 0 radical (unpaired) electrons. The molecule has 2 saturated heterocycles. The highest BCUT2D eigenvalue weighted by Crippen LogP contribution is 2.31. The van der Waals surface area contributed by atoms with E-state index in [4.69, 9.17) is 4.74 Å². The van der Waals surface area contributed by atoms with Crippen LogP contribution in [0, 0.1) is 0 Å². The number of morpholine rings is 1. The molecule has 2 aliphatic rings. The third-order valence-electron chi connectivity index (χ3n) is 3.36. The molecule has 2 N–H and O–H groups in total. The summed E-state index contributed by atoms with van der Waals surface area (Å²) < 4.78 is 5.46. The SMILES string of the molecule is CCCCC1(O)CC2COCC(C1)N2. The molecule has 3 nitrogen and oxygen atoms in total. The minimum atomic E-state index is -0.416. The average molecular weight is 199 g/mol. The summed E-state index contributed by atoms with van der Waals surface area (Å²) >= 11 is 0. The van der Waals surface area contributed by atoms with Gasteiger partial charge in [0.05, 0.1) is 18.8 Å². The molecule has 0 amide bonds. The number of nitrogens with one attached hydrogen (secondary N) is 1. The molecule has 0 aromatic heterocycles. The van der Waals surface area contributed by atoms with Crippen LogP contribution in [-0.4, -0.2) is 36.0 Å². The Morgan fingerprint density at radius 1 is 1.36 bits per heavy atom. The molecule has 0 spiro atoms. The van der Waals surface area contributed by atoms with Gasteiger partial charge in [0.25, 0.3) is 0 Å². The molecule has 2 heterocycles. The van der Waals surface area contributed by atoms with Crippen molar-refractivity contribution in [1.82, 2.24) is 5.32 Å². The Morgan fingerprint density at radius 3 is 2.57 bits per heavy atom. The van der Waals surface area contributed by atoms with Crippen molar-refractivity contribution in [3.8, 4) is 0 Å². The van der Waals surface area contributed by atoms with Crippen molar-refractivity contribution in [2.45, 2.75) is 56.7 Å². The average Bonchev–Trinajstić information content (AvgIpc) is 2.14. The van der Waals surface area contributed by atoms with E-state index in [2.05, 4.69) is 12.2 Å². The molecule has 3 heteroatoms. The van der Waals surface area contributed by atoms with Crippen LogP contribution in [0.3, 0.4) is 0 Å². The van der Waals surface area contributed by atoms with E-state index in [1.807, 2.05) is 0 Å². The van der Waals surface area contributed by atoms with Crippen LogP contribution in [-0.2, 0) is 4.74 Å². The molecule has 2 unspecified atom stereocenters. The molecule has 0 aromatic rings.